The van der Waals surface area contributed by atoms with E-state index in [9.17, 15) is 37.1 Å². The van der Waals surface area contributed by atoms with E-state index in [1.54, 1.807) is 18.2 Å². The second-order valence-corrected chi connectivity index (χ2v) is 11.8. The number of fused-ring (bicyclic) bond motifs is 1. The summed E-state index contributed by atoms with van der Waals surface area (Å²) in [5.74, 6) is -4.73. The Hall–Kier alpha value is -4.75. The molecule has 1 saturated heterocycles. The Morgan fingerprint density at radius 1 is 1.04 bits per heavy atom. The van der Waals surface area contributed by atoms with E-state index in [1.165, 1.54) is 0 Å². The molecule has 0 spiro atoms. The van der Waals surface area contributed by atoms with Crippen LogP contribution in [0.1, 0.15) is 61.3 Å². The standard InChI is InChI=1S/C32H36F3N5O6/c1-18(2)13-24(29(43)37-22(17-41)14-21-10-6-12-36-28(21)42)38-30(44)25(15-20-9-5-8-19-7-3-4-11-23(19)20)39-31(45)26-16-27(46-40-26)32(33,34)35/h3-5,7-9,11,16-18,21-22,24-25H,6,10,12-15H2,1-2H3,(H,36,42)(H,37,43)(H,38,44)(H,39,45). The molecule has 0 radical (unpaired) electrons. The number of hydrogen-bond donors (Lipinski definition) is 4. The molecule has 4 rings (SSSR count). The van der Waals surface area contributed by atoms with Crippen LogP contribution < -0.4 is 21.3 Å². The highest BCUT2D eigenvalue weighted by atomic mass is 19.4. The van der Waals surface area contributed by atoms with E-state index in [2.05, 4.69) is 30.9 Å². The predicted molar refractivity (Wildman–Crippen MR) is 160 cm³/mol. The predicted octanol–water partition coefficient (Wildman–Crippen LogP) is 3.32. The molecule has 46 heavy (non-hydrogen) atoms. The van der Waals surface area contributed by atoms with Gasteiger partial charge in [-0.25, -0.2) is 0 Å². The van der Waals surface area contributed by atoms with Crippen molar-refractivity contribution < 1.29 is 41.7 Å². The van der Waals surface area contributed by atoms with Gasteiger partial charge in [-0.05, 0) is 47.9 Å². The number of amides is 4. The Balaban J connectivity index is 1.56. The Morgan fingerprint density at radius 2 is 1.76 bits per heavy atom. The molecule has 2 aromatic carbocycles. The molecule has 0 aliphatic carbocycles. The molecule has 4 amide bonds. The van der Waals surface area contributed by atoms with Crippen molar-refractivity contribution >= 4 is 40.7 Å². The molecule has 11 nitrogen and oxygen atoms in total. The number of aldehydes is 1. The molecular weight excluding hydrogens is 607 g/mol. The van der Waals surface area contributed by atoms with Gasteiger partial charge in [0.25, 0.3) is 5.91 Å². The number of aromatic nitrogens is 1. The molecule has 4 atom stereocenters. The van der Waals surface area contributed by atoms with Crippen LogP contribution >= 0.6 is 0 Å². The lowest BCUT2D eigenvalue weighted by molar-refractivity contribution is -0.155. The summed E-state index contributed by atoms with van der Waals surface area (Å²) < 4.78 is 43.5. The quantitative estimate of drug-likeness (QED) is 0.208. The molecule has 246 valence electrons. The Kier molecular flexibility index (Phi) is 11.1. The van der Waals surface area contributed by atoms with Crippen molar-refractivity contribution in [1.82, 2.24) is 26.4 Å². The summed E-state index contributed by atoms with van der Waals surface area (Å²) in [4.78, 5) is 64.3. The highest BCUT2D eigenvalue weighted by Gasteiger charge is 2.37. The van der Waals surface area contributed by atoms with Crippen molar-refractivity contribution in [3.8, 4) is 0 Å². The average molecular weight is 644 g/mol. The highest BCUT2D eigenvalue weighted by molar-refractivity contribution is 5.98. The molecule has 3 aromatic rings. The summed E-state index contributed by atoms with van der Waals surface area (Å²) in [6.45, 7) is 4.20. The normalized spacial score (nSPS) is 17.1. The minimum absolute atomic E-state index is 0.0767. The van der Waals surface area contributed by atoms with Gasteiger partial charge in [-0.1, -0.05) is 61.5 Å². The molecule has 0 bridgehead atoms. The van der Waals surface area contributed by atoms with Crippen LogP contribution in [0.3, 0.4) is 0 Å². The summed E-state index contributed by atoms with van der Waals surface area (Å²) in [6, 6.07) is 9.69. The first-order valence-corrected chi connectivity index (χ1v) is 15.0. The van der Waals surface area contributed by atoms with Gasteiger partial charge in [0, 0.05) is 24.9 Å². The van der Waals surface area contributed by atoms with Crippen LogP contribution in [0.5, 0.6) is 0 Å². The van der Waals surface area contributed by atoms with Crippen LogP contribution in [0.2, 0.25) is 0 Å². The van der Waals surface area contributed by atoms with E-state index in [1.807, 2.05) is 38.1 Å². The fourth-order valence-electron chi connectivity index (χ4n) is 5.42. The van der Waals surface area contributed by atoms with Crippen LogP contribution in [-0.4, -0.2) is 59.7 Å². The molecule has 2 heterocycles. The first-order valence-electron chi connectivity index (χ1n) is 15.0. The number of carbonyl (C=O) groups is 5. The number of carbonyl (C=O) groups excluding carboxylic acids is 5. The number of benzene rings is 2. The van der Waals surface area contributed by atoms with Gasteiger partial charge in [-0.2, -0.15) is 13.2 Å². The first kappa shape index (κ1) is 34.1. The van der Waals surface area contributed by atoms with Crippen molar-refractivity contribution in [2.75, 3.05) is 6.54 Å². The molecular formula is C32H36F3N5O6. The van der Waals surface area contributed by atoms with Gasteiger partial charge in [0.15, 0.2) is 5.69 Å². The Morgan fingerprint density at radius 3 is 2.43 bits per heavy atom. The average Bonchev–Trinajstić information content (AvgIpc) is 3.53. The van der Waals surface area contributed by atoms with E-state index < -0.39 is 59.4 Å². The molecule has 1 fully saturated rings. The fraction of sp³-hybridized carbons (Fsp3) is 0.438. The maximum absolute atomic E-state index is 13.8. The topological polar surface area (TPSA) is 160 Å². The fourth-order valence-corrected chi connectivity index (χ4v) is 5.42. The van der Waals surface area contributed by atoms with Crippen LogP contribution in [-0.2, 0) is 31.8 Å². The van der Waals surface area contributed by atoms with Gasteiger partial charge in [0.1, 0.15) is 18.4 Å². The second-order valence-electron chi connectivity index (χ2n) is 11.8. The third kappa shape index (κ3) is 8.92. The number of alkyl halides is 3. The maximum Gasteiger partial charge on any atom is 0.452 e. The molecule has 1 aromatic heterocycles. The lowest BCUT2D eigenvalue weighted by atomic mass is 9.91. The number of nitrogens with zero attached hydrogens (tertiary/aromatic N) is 1. The lowest BCUT2D eigenvalue weighted by Gasteiger charge is -2.27. The summed E-state index contributed by atoms with van der Waals surface area (Å²) in [5.41, 5.74) is -0.0218. The maximum atomic E-state index is 13.8. The van der Waals surface area contributed by atoms with E-state index in [0.717, 1.165) is 17.2 Å². The first-order chi connectivity index (χ1) is 21.8. The van der Waals surface area contributed by atoms with Crippen molar-refractivity contribution in [1.29, 1.82) is 0 Å². The lowest BCUT2D eigenvalue weighted by Crippen LogP contribution is -2.56. The summed E-state index contributed by atoms with van der Waals surface area (Å²) >= 11 is 0. The van der Waals surface area contributed by atoms with Gasteiger partial charge >= 0.3 is 6.18 Å². The minimum Gasteiger partial charge on any atom is -0.356 e. The van der Waals surface area contributed by atoms with Crippen LogP contribution in [0.25, 0.3) is 10.8 Å². The minimum atomic E-state index is -4.87. The zero-order valence-electron chi connectivity index (χ0n) is 25.4. The number of nitrogens with one attached hydrogen (secondary N) is 4. The monoisotopic (exact) mass is 643 g/mol. The SMILES string of the molecule is CC(C)CC(NC(=O)C(Cc1cccc2ccccc12)NC(=O)c1cc(C(F)(F)F)on1)C(=O)NC(C=O)CC1CCCNC1=O. The number of piperidine rings is 1. The number of hydrogen-bond acceptors (Lipinski definition) is 7. The van der Waals surface area contributed by atoms with Gasteiger partial charge in [0.2, 0.25) is 23.5 Å². The Labute approximate surface area is 263 Å². The van der Waals surface area contributed by atoms with E-state index in [4.69, 9.17) is 0 Å². The number of rotatable bonds is 13. The van der Waals surface area contributed by atoms with Crippen molar-refractivity contribution in [3.63, 3.8) is 0 Å². The molecule has 14 heteroatoms. The molecule has 4 unspecified atom stereocenters. The van der Waals surface area contributed by atoms with E-state index >= 15 is 0 Å². The van der Waals surface area contributed by atoms with Crippen LogP contribution in [0.15, 0.2) is 53.1 Å². The smallest absolute Gasteiger partial charge is 0.356 e. The summed E-state index contributed by atoms with van der Waals surface area (Å²) in [5, 5.41) is 15.3. The Bertz CT molecular complexity index is 1570. The van der Waals surface area contributed by atoms with Crippen molar-refractivity contribution in [3.05, 3.63) is 65.5 Å². The summed E-state index contributed by atoms with van der Waals surface area (Å²) in [7, 11) is 0. The molecule has 1 aliphatic heterocycles. The number of halogens is 3. The van der Waals surface area contributed by atoms with Gasteiger partial charge in [-0.15, -0.1) is 0 Å². The molecule has 1 aliphatic rings. The van der Waals surface area contributed by atoms with Crippen molar-refractivity contribution in [2.24, 2.45) is 11.8 Å². The van der Waals surface area contributed by atoms with Crippen molar-refractivity contribution in [2.45, 2.75) is 70.3 Å². The van der Waals surface area contributed by atoms with Crippen LogP contribution in [0, 0.1) is 11.8 Å². The van der Waals surface area contributed by atoms with E-state index in [0.29, 0.717) is 30.9 Å². The second kappa shape index (κ2) is 15.0. The van der Waals surface area contributed by atoms with Crippen LogP contribution in [0.4, 0.5) is 13.2 Å². The zero-order valence-corrected chi connectivity index (χ0v) is 25.4. The molecule has 4 N–H and O–H groups in total. The third-order valence-electron chi connectivity index (χ3n) is 7.72. The van der Waals surface area contributed by atoms with Gasteiger partial charge in [0.05, 0.1) is 6.04 Å². The molecule has 0 saturated carbocycles. The zero-order chi connectivity index (χ0) is 33.4. The largest absolute Gasteiger partial charge is 0.452 e. The third-order valence-corrected chi connectivity index (χ3v) is 7.72. The highest BCUT2D eigenvalue weighted by Crippen LogP contribution is 2.29. The van der Waals surface area contributed by atoms with Gasteiger partial charge in [-0.3, -0.25) is 19.2 Å². The van der Waals surface area contributed by atoms with E-state index in [-0.39, 0.29) is 31.1 Å². The summed E-state index contributed by atoms with van der Waals surface area (Å²) in [6.07, 6.45) is -2.82. The van der Waals surface area contributed by atoms with Gasteiger partial charge < -0.3 is 30.6 Å².